The summed E-state index contributed by atoms with van der Waals surface area (Å²) < 4.78 is 2.49. The second-order valence-corrected chi connectivity index (χ2v) is 7.06. The van der Waals surface area contributed by atoms with E-state index < -0.39 is 11.3 Å². The number of aryl methyl sites for hydroxylation is 1. The van der Waals surface area contributed by atoms with Crippen LogP contribution in [-0.4, -0.2) is 20.7 Å². The number of nitrogens with zero attached hydrogens (tertiary/aromatic N) is 3. The van der Waals surface area contributed by atoms with Crippen molar-refractivity contribution in [3.8, 4) is 0 Å². The molecule has 0 atom stereocenters. The number of anilines is 1. The number of nitrogens with one attached hydrogen (secondary N) is 1. The van der Waals surface area contributed by atoms with Crippen LogP contribution in [0.2, 0.25) is 5.02 Å². The van der Waals surface area contributed by atoms with Crippen molar-refractivity contribution < 1.29 is 4.79 Å². The topological polar surface area (TPSA) is 76.9 Å². The molecule has 6 nitrogen and oxygen atoms in total. The molecule has 2 heterocycles. The highest BCUT2D eigenvalue weighted by molar-refractivity contribution is 7.22. The van der Waals surface area contributed by atoms with E-state index in [-0.39, 0.29) is 5.69 Å². The number of thiazole rings is 1. The maximum absolute atomic E-state index is 12.7. The molecule has 4 aromatic rings. The molecule has 0 saturated heterocycles. The first-order valence-corrected chi connectivity index (χ1v) is 9.13. The van der Waals surface area contributed by atoms with E-state index in [1.165, 1.54) is 11.3 Å². The highest BCUT2D eigenvalue weighted by Gasteiger charge is 2.18. The Hall–Kier alpha value is -2.77. The van der Waals surface area contributed by atoms with Gasteiger partial charge < -0.3 is 0 Å². The van der Waals surface area contributed by atoms with Crippen molar-refractivity contribution in [2.75, 3.05) is 5.32 Å². The van der Waals surface area contributed by atoms with Crippen LogP contribution in [0.25, 0.3) is 21.1 Å². The molecule has 0 fully saturated rings. The maximum atomic E-state index is 12.7. The van der Waals surface area contributed by atoms with Crippen molar-refractivity contribution in [3.63, 3.8) is 0 Å². The molecule has 0 radical (unpaired) electrons. The van der Waals surface area contributed by atoms with Gasteiger partial charge in [0.1, 0.15) is 0 Å². The molecule has 0 aliphatic rings. The summed E-state index contributed by atoms with van der Waals surface area (Å²) in [6.45, 7) is 2.45. The van der Waals surface area contributed by atoms with Crippen LogP contribution in [0.15, 0.2) is 47.3 Å². The molecule has 0 saturated carbocycles. The number of para-hydroxylation sites is 1. The van der Waals surface area contributed by atoms with Crippen molar-refractivity contribution in [1.29, 1.82) is 0 Å². The average molecular weight is 385 g/mol. The fourth-order valence-corrected chi connectivity index (χ4v) is 3.87. The van der Waals surface area contributed by atoms with Crippen LogP contribution >= 0.6 is 22.9 Å². The van der Waals surface area contributed by atoms with E-state index in [2.05, 4.69) is 15.4 Å². The zero-order valence-electron chi connectivity index (χ0n) is 13.7. The van der Waals surface area contributed by atoms with Gasteiger partial charge in [-0.15, -0.1) is 0 Å². The molecular formula is C18H13ClN4O2S. The lowest BCUT2D eigenvalue weighted by Crippen LogP contribution is -2.27. The zero-order valence-corrected chi connectivity index (χ0v) is 15.3. The summed E-state index contributed by atoms with van der Waals surface area (Å²) >= 11 is 7.27. The fraction of sp³-hybridized carbons (Fsp3) is 0.111. The summed E-state index contributed by atoms with van der Waals surface area (Å²) in [6, 6.07) is 12.4. The van der Waals surface area contributed by atoms with Gasteiger partial charge in [-0.3, -0.25) is 19.6 Å². The Kier molecular flexibility index (Phi) is 4.18. The predicted octanol–water partition coefficient (Wildman–Crippen LogP) is 3.93. The van der Waals surface area contributed by atoms with E-state index in [1.54, 1.807) is 35.0 Å². The van der Waals surface area contributed by atoms with Gasteiger partial charge in [0.05, 0.1) is 15.7 Å². The minimum atomic E-state index is -0.576. The molecule has 0 spiro atoms. The molecule has 26 heavy (non-hydrogen) atoms. The van der Waals surface area contributed by atoms with Gasteiger partial charge in [-0.2, -0.15) is 5.10 Å². The quantitative estimate of drug-likeness (QED) is 0.580. The molecule has 1 N–H and O–H groups in total. The Bertz CT molecular complexity index is 1210. The Labute approximate surface area is 157 Å². The standard InChI is InChI=1S/C18H13ClN4O2S/c1-2-23-13-6-4-3-5-11(13)16(24)15(22-23)17(25)21-18-20-12-8-7-10(19)9-14(12)26-18/h3-9H,2H2,1H3,(H,20,21,25). The Morgan fingerprint density at radius 2 is 2.08 bits per heavy atom. The SMILES string of the molecule is CCn1nc(C(=O)Nc2nc3ccc(Cl)cc3s2)c(=O)c2ccccc21. The lowest BCUT2D eigenvalue weighted by molar-refractivity contribution is 0.101. The fourth-order valence-electron chi connectivity index (χ4n) is 2.74. The van der Waals surface area contributed by atoms with Gasteiger partial charge in [0, 0.05) is 17.0 Å². The van der Waals surface area contributed by atoms with Gasteiger partial charge in [-0.05, 0) is 37.3 Å². The molecule has 8 heteroatoms. The number of amides is 1. The number of fused-ring (bicyclic) bond motifs is 2. The van der Waals surface area contributed by atoms with E-state index in [4.69, 9.17) is 11.6 Å². The average Bonchev–Trinajstić information content (AvgIpc) is 3.03. The summed E-state index contributed by atoms with van der Waals surface area (Å²) in [5.41, 5.74) is 0.883. The third kappa shape index (κ3) is 2.85. The van der Waals surface area contributed by atoms with E-state index >= 15 is 0 Å². The van der Waals surface area contributed by atoms with Crippen molar-refractivity contribution in [2.24, 2.45) is 0 Å². The van der Waals surface area contributed by atoms with Crippen LogP contribution in [0.1, 0.15) is 17.4 Å². The van der Waals surface area contributed by atoms with E-state index in [1.807, 2.05) is 19.1 Å². The Morgan fingerprint density at radius 1 is 1.27 bits per heavy atom. The minimum absolute atomic E-state index is 0.150. The van der Waals surface area contributed by atoms with Gasteiger partial charge in [-0.1, -0.05) is 35.1 Å². The van der Waals surface area contributed by atoms with Crippen molar-refractivity contribution in [2.45, 2.75) is 13.5 Å². The van der Waals surface area contributed by atoms with Crippen LogP contribution in [0.3, 0.4) is 0 Å². The molecule has 0 bridgehead atoms. The van der Waals surface area contributed by atoms with Crippen molar-refractivity contribution in [3.05, 3.63) is 63.4 Å². The normalized spacial score (nSPS) is 11.2. The first-order valence-electron chi connectivity index (χ1n) is 7.94. The molecule has 0 unspecified atom stereocenters. The number of aromatic nitrogens is 3. The highest BCUT2D eigenvalue weighted by Crippen LogP contribution is 2.28. The van der Waals surface area contributed by atoms with E-state index in [0.717, 1.165) is 10.2 Å². The molecule has 2 aromatic heterocycles. The molecule has 1 amide bonds. The summed E-state index contributed by atoms with van der Waals surface area (Å²) in [6.07, 6.45) is 0. The first kappa shape index (κ1) is 16.7. The number of halogens is 1. The van der Waals surface area contributed by atoms with Gasteiger partial charge in [-0.25, -0.2) is 4.98 Å². The largest absolute Gasteiger partial charge is 0.296 e. The predicted molar refractivity (Wildman–Crippen MR) is 104 cm³/mol. The lowest BCUT2D eigenvalue weighted by atomic mass is 10.2. The minimum Gasteiger partial charge on any atom is -0.296 e. The second-order valence-electron chi connectivity index (χ2n) is 5.60. The van der Waals surface area contributed by atoms with E-state index in [9.17, 15) is 9.59 Å². The molecule has 0 aliphatic carbocycles. The van der Waals surface area contributed by atoms with Gasteiger partial charge in [0.15, 0.2) is 10.8 Å². The smallest absolute Gasteiger partial charge is 0.281 e. The summed E-state index contributed by atoms with van der Waals surface area (Å²) in [7, 11) is 0. The van der Waals surface area contributed by atoms with Crippen LogP contribution in [0.5, 0.6) is 0 Å². The summed E-state index contributed by atoms with van der Waals surface area (Å²) in [5, 5.41) is 8.36. The number of rotatable bonds is 3. The van der Waals surface area contributed by atoms with Gasteiger partial charge in [0.2, 0.25) is 5.43 Å². The van der Waals surface area contributed by atoms with Gasteiger partial charge >= 0.3 is 0 Å². The van der Waals surface area contributed by atoms with Gasteiger partial charge in [0.25, 0.3) is 5.91 Å². The monoisotopic (exact) mass is 384 g/mol. The molecule has 130 valence electrons. The third-order valence-electron chi connectivity index (χ3n) is 3.95. The maximum Gasteiger partial charge on any atom is 0.281 e. The Morgan fingerprint density at radius 3 is 2.88 bits per heavy atom. The van der Waals surface area contributed by atoms with Crippen molar-refractivity contribution >= 4 is 55.1 Å². The van der Waals surface area contributed by atoms with Crippen LogP contribution in [-0.2, 0) is 6.54 Å². The summed E-state index contributed by atoms with van der Waals surface area (Å²) in [4.78, 5) is 29.7. The number of benzene rings is 2. The number of carbonyl (C=O) groups is 1. The van der Waals surface area contributed by atoms with Crippen LogP contribution in [0, 0.1) is 0 Å². The van der Waals surface area contributed by atoms with E-state index in [0.29, 0.717) is 27.6 Å². The molecular weight excluding hydrogens is 372 g/mol. The second kappa shape index (κ2) is 6.51. The van der Waals surface area contributed by atoms with Crippen LogP contribution in [0.4, 0.5) is 5.13 Å². The first-order chi connectivity index (χ1) is 12.6. The summed E-state index contributed by atoms with van der Waals surface area (Å²) in [5.74, 6) is -0.576. The lowest BCUT2D eigenvalue weighted by Gasteiger charge is -2.09. The Balaban J connectivity index is 1.75. The van der Waals surface area contributed by atoms with Crippen molar-refractivity contribution in [1.82, 2.24) is 14.8 Å². The third-order valence-corrected chi connectivity index (χ3v) is 5.12. The van der Waals surface area contributed by atoms with Crippen LogP contribution < -0.4 is 10.7 Å². The number of carbonyl (C=O) groups excluding carboxylic acids is 1. The molecule has 2 aromatic carbocycles. The zero-order chi connectivity index (χ0) is 18.3. The number of hydrogen-bond donors (Lipinski definition) is 1. The molecule has 0 aliphatic heterocycles. The highest BCUT2D eigenvalue weighted by atomic mass is 35.5. The molecule has 4 rings (SSSR count). The number of hydrogen-bond acceptors (Lipinski definition) is 5.